The van der Waals surface area contributed by atoms with E-state index in [1.165, 1.54) is 16.8 Å². The number of benzene rings is 1. The number of pyridine rings is 1. The summed E-state index contributed by atoms with van der Waals surface area (Å²) < 4.78 is 3.20. The summed E-state index contributed by atoms with van der Waals surface area (Å²) in [5.74, 6) is 0.808. The maximum Gasteiger partial charge on any atom is 0.174 e. The smallest absolute Gasteiger partial charge is 0.174 e. The van der Waals surface area contributed by atoms with Crippen molar-refractivity contribution in [2.24, 2.45) is 0 Å². The fourth-order valence-electron chi connectivity index (χ4n) is 2.75. The van der Waals surface area contributed by atoms with Gasteiger partial charge in [0, 0.05) is 17.5 Å². The van der Waals surface area contributed by atoms with Crippen molar-refractivity contribution < 1.29 is 0 Å². The van der Waals surface area contributed by atoms with E-state index in [-0.39, 0.29) is 0 Å². The van der Waals surface area contributed by atoms with Crippen molar-refractivity contribution in [1.82, 2.24) is 19.6 Å². The standard InChI is InChI=1S/C19H18N4S2/c1-12-4-7-15(8-5-12)18-16(11-24-19-22-21-14(3)25-19)23-10-13(2)6-9-17(23)20-18/h4-10H,11H2,1-3H3. The predicted molar refractivity (Wildman–Crippen MR) is 104 cm³/mol. The number of aryl methyl sites for hydroxylation is 3. The zero-order valence-corrected chi connectivity index (χ0v) is 16.0. The van der Waals surface area contributed by atoms with Crippen LogP contribution in [-0.2, 0) is 5.75 Å². The Hall–Kier alpha value is -2.18. The molecule has 0 saturated carbocycles. The predicted octanol–water partition coefficient (Wildman–Crippen LogP) is 5.07. The Morgan fingerprint density at radius 2 is 1.72 bits per heavy atom. The molecule has 126 valence electrons. The summed E-state index contributed by atoms with van der Waals surface area (Å²) in [6.07, 6.45) is 2.15. The molecule has 0 aliphatic rings. The van der Waals surface area contributed by atoms with Crippen LogP contribution in [0.1, 0.15) is 21.8 Å². The number of hydrogen-bond donors (Lipinski definition) is 0. The van der Waals surface area contributed by atoms with Crippen LogP contribution in [0, 0.1) is 20.8 Å². The van der Waals surface area contributed by atoms with E-state index in [0.717, 1.165) is 32.0 Å². The molecular formula is C19H18N4S2. The van der Waals surface area contributed by atoms with Gasteiger partial charge in [0.1, 0.15) is 10.7 Å². The highest BCUT2D eigenvalue weighted by atomic mass is 32.2. The highest BCUT2D eigenvalue weighted by molar-refractivity contribution is 8.00. The highest BCUT2D eigenvalue weighted by Gasteiger charge is 2.15. The molecule has 0 radical (unpaired) electrons. The fraction of sp³-hybridized carbons (Fsp3) is 0.211. The third-order valence-corrected chi connectivity index (χ3v) is 6.01. The normalized spacial score (nSPS) is 11.3. The van der Waals surface area contributed by atoms with E-state index in [4.69, 9.17) is 4.98 Å². The Morgan fingerprint density at radius 1 is 0.960 bits per heavy atom. The maximum atomic E-state index is 4.89. The average Bonchev–Trinajstić information content (AvgIpc) is 3.17. The number of rotatable bonds is 4. The Kier molecular flexibility index (Phi) is 4.31. The Morgan fingerprint density at radius 3 is 2.44 bits per heavy atom. The molecule has 0 unspecified atom stereocenters. The minimum atomic E-state index is 0.808. The lowest BCUT2D eigenvalue weighted by atomic mass is 10.1. The molecule has 0 aliphatic heterocycles. The van der Waals surface area contributed by atoms with Crippen LogP contribution >= 0.6 is 23.1 Å². The van der Waals surface area contributed by atoms with Crippen molar-refractivity contribution in [3.8, 4) is 11.3 Å². The third-order valence-electron chi connectivity index (χ3n) is 4.03. The van der Waals surface area contributed by atoms with Gasteiger partial charge in [-0.25, -0.2) is 4.98 Å². The molecule has 3 heterocycles. The number of aromatic nitrogens is 4. The largest absolute Gasteiger partial charge is 0.302 e. The van der Waals surface area contributed by atoms with Crippen LogP contribution in [0.15, 0.2) is 46.9 Å². The van der Waals surface area contributed by atoms with E-state index in [1.54, 1.807) is 23.1 Å². The van der Waals surface area contributed by atoms with Crippen LogP contribution < -0.4 is 0 Å². The third kappa shape index (κ3) is 3.32. The van der Waals surface area contributed by atoms with Gasteiger partial charge in [-0.2, -0.15) is 0 Å². The van der Waals surface area contributed by atoms with Crippen molar-refractivity contribution in [2.45, 2.75) is 30.9 Å². The minimum Gasteiger partial charge on any atom is -0.302 e. The molecule has 6 heteroatoms. The molecular weight excluding hydrogens is 348 g/mol. The molecule has 4 aromatic rings. The van der Waals surface area contributed by atoms with Crippen molar-refractivity contribution in [3.05, 3.63) is 64.4 Å². The zero-order chi connectivity index (χ0) is 17.4. The number of thioether (sulfide) groups is 1. The van der Waals surface area contributed by atoms with Crippen LogP contribution in [0.3, 0.4) is 0 Å². The molecule has 0 spiro atoms. The quantitative estimate of drug-likeness (QED) is 0.473. The molecule has 0 amide bonds. The van der Waals surface area contributed by atoms with Gasteiger partial charge in [-0.15, -0.1) is 10.2 Å². The van der Waals surface area contributed by atoms with Crippen LogP contribution in [-0.4, -0.2) is 19.6 Å². The molecule has 0 fully saturated rings. The first-order valence-electron chi connectivity index (χ1n) is 8.08. The molecule has 4 rings (SSSR count). The van der Waals surface area contributed by atoms with Gasteiger partial charge in [0.15, 0.2) is 4.34 Å². The molecule has 0 saturated heterocycles. The summed E-state index contributed by atoms with van der Waals surface area (Å²) in [7, 11) is 0. The van der Waals surface area contributed by atoms with E-state index in [1.807, 2.05) is 6.92 Å². The molecule has 0 aliphatic carbocycles. The first-order chi connectivity index (χ1) is 12.1. The van der Waals surface area contributed by atoms with E-state index < -0.39 is 0 Å². The summed E-state index contributed by atoms with van der Waals surface area (Å²) in [6, 6.07) is 12.7. The molecule has 1 aromatic carbocycles. The second-order valence-corrected chi connectivity index (χ2v) is 8.49. The fourth-order valence-corrected chi connectivity index (χ4v) is 4.57. The molecule has 25 heavy (non-hydrogen) atoms. The topological polar surface area (TPSA) is 43.1 Å². The minimum absolute atomic E-state index is 0.808. The summed E-state index contributed by atoms with van der Waals surface area (Å²) >= 11 is 3.35. The summed E-state index contributed by atoms with van der Waals surface area (Å²) in [5, 5.41) is 9.33. The van der Waals surface area contributed by atoms with Gasteiger partial charge in [0.25, 0.3) is 0 Å². The Labute approximate surface area is 155 Å². The second kappa shape index (κ2) is 6.61. The highest BCUT2D eigenvalue weighted by Crippen LogP contribution is 2.32. The lowest BCUT2D eigenvalue weighted by molar-refractivity contribution is 0.982. The van der Waals surface area contributed by atoms with E-state index in [2.05, 4.69) is 71.0 Å². The molecule has 4 nitrogen and oxygen atoms in total. The second-order valence-electron chi connectivity index (χ2n) is 6.08. The Bertz CT molecular complexity index is 1030. The van der Waals surface area contributed by atoms with Crippen LogP contribution in [0.25, 0.3) is 16.9 Å². The summed E-state index contributed by atoms with van der Waals surface area (Å²) in [6.45, 7) is 6.19. The van der Waals surface area contributed by atoms with Gasteiger partial charge in [-0.3, -0.25) is 0 Å². The Balaban J connectivity index is 1.79. The van der Waals surface area contributed by atoms with Crippen molar-refractivity contribution in [2.75, 3.05) is 0 Å². The molecule has 0 bridgehead atoms. The first-order valence-corrected chi connectivity index (χ1v) is 9.88. The van der Waals surface area contributed by atoms with Gasteiger partial charge in [0.05, 0.1) is 11.4 Å². The molecule has 0 N–H and O–H groups in total. The van der Waals surface area contributed by atoms with Gasteiger partial charge < -0.3 is 4.40 Å². The van der Waals surface area contributed by atoms with Crippen molar-refractivity contribution in [3.63, 3.8) is 0 Å². The molecule has 3 aromatic heterocycles. The first kappa shape index (κ1) is 16.3. The molecule has 0 atom stereocenters. The van der Waals surface area contributed by atoms with E-state index in [9.17, 15) is 0 Å². The van der Waals surface area contributed by atoms with Crippen molar-refractivity contribution >= 4 is 28.7 Å². The monoisotopic (exact) mass is 366 g/mol. The van der Waals surface area contributed by atoms with Gasteiger partial charge in [-0.05, 0) is 32.4 Å². The number of fused-ring (bicyclic) bond motifs is 1. The lowest BCUT2D eigenvalue weighted by Gasteiger charge is -2.05. The average molecular weight is 367 g/mol. The van der Waals surface area contributed by atoms with Crippen LogP contribution in [0.4, 0.5) is 0 Å². The lowest BCUT2D eigenvalue weighted by Crippen LogP contribution is -1.94. The van der Waals surface area contributed by atoms with Crippen molar-refractivity contribution in [1.29, 1.82) is 0 Å². The van der Waals surface area contributed by atoms with Crippen LogP contribution in [0.2, 0.25) is 0 Å². The van der Waals surface area contributed by atoms with Gasteiger partial charge in [0.2, 0.25) is 0 Å². The number of hydrogen-bond acceptors (Lipinski definition) is 5. The van der Waals surface area contributed by atoms with E-state index >= 15 is 0 Å². The van der Waals surface area contributed by atoms with Gasteiger partial charge in [-0.1, -0.05) is 59.0 Å². The maximum absolute atomic E-state index is 4.89. The number of nitrogens with zero attached hydrogens (tertiary/aromatic N) is 4. The van der Waals surface area contributed by atoms with Crippen LogP contribution in [0.5, 0.6) is 0 Å². The number of imidazole rings is 1. The summed E-state index contributed by atoms with van der Waals surface area (Å²) in [5.41, 5.74) is 6.84. The zero-order valence-electron chi connectivity index (χ0n) is 14.4. The SMILES string of the molecule is Cc1ccc(-c2nc3ccc(C)cn3c2CSc2nnc(C)s2)cc1. The summed E-state index contributed by atoms with van der Waals surface area (Å²) in [4.78, 5) is 4.89. The van der Waals surface area contributed by atoms with E-state index in [0.29, 0.717) is 0 Å². The van der Waals surface area contributed by atoms with Gasteiger partial charge >= 0.3 is 0 Å².